The highest BCUT2D eigenvalue weighted by molar-refractivity contribution is 9.10. The van der Waals surface area contributed by atoms with Crippen LogP contribution in [0.1, 0.15) is 17.4 Å². The summed E-state index contributed by atoms with van der Waals surface area (Å²) >= 11 is 3.15. The molecule has 84 valence electrons. The lowest BCUT2D eigenvalue weighted by Gasteiger charge is -2.09. The van der Waals surface area contributed by atoms with Crippen LogP contribution < -0.4 is 5.73 Å². The molecule has 0 amide bonds. The van der Waals surface area contributed by atoms with Crippen LogP contribution in [0, 0.1) is 5.82 Å². The summed E-state index contributed by atoms with van der Waals surface area (Å²) < 4.78 is 18.7. The zero-order valence-electron chi connectivity index (χ0n) is 8.49. The Morgan fingerprint density at radius 2 is 2.19 bits per heavy atom. The molecule has 0 aliphatic rings. The van der Waals surface area contributed by atoms with Crippen LogP contribution in [0.25, 0.3) is 0 Å². The largest absolute Gasteiger partial charge is 0.468 e. The summed E-state index contributed by atoms with van der Waals surface area (Å²) in [5, 5.41) is 0. The number of hydrogen-bond acceptors (Lipinski definition) is 2. The van der Waals surface area contributed by atoms with E-state index >= 15 is 0 Å². The predicted molar refractivity (Wildman–Crippen MR) is 63.4 cm³/mol. The predicted octanol–water partition coefficient (Wildman–Crippen LogP) is 3.42. The first kappa shape index (κ1) is 11.4. The molecular weight excluding hydrogens is 273 g/mol. The van der Waals surface area contributed by atoms with E-state index in [1.807, 2.05) is 6.07 Å². The van der Waals surface area contributed by atoms with Crippen LogP contribution in [0.5, 0.6) is 0 Å². The fraction of sp³-hybridized carbons (Fsp3) is 0.167. The summed E-state index contributed by atoms with van der Waals surface area (Å²) in [6.07, 6.45) is 2.21. The van der Waals surface area contributed by atoms with Gasteiger partial charge in [-0.3, -0.25) is 0 Å². The fourth-order valence-corrected chi connectivity index (χ4v) is 1.95. The van der Waals surface area contributed by atoms with Gasteiger partial charge in [0, 0.05) is 0 Å². The monoisotopic (exact) mass is 283 g/mol. The van der Waals surface area contributed by atoms with Crippen LogP contribution in [-0.4, -0.2) is 0 Å². The molecule has 4 heteroatoms. The van der Waals surface area contributed by atoms with E-state index in [0.29, 0.717) is 10.9 Å². The van der Waals surface area contributed by atoms with Crippen molar-refractivity contribution in [3.05, 3.63) is 58.2 Å². The number of halogens is 2. The van der Waals surface area contributed by atoms with E-state index in [9.17, 15) is 4.39 Å². The van der Waals surface area contributed by atoms with Gasteiger partial charge in [0.05, 0.1) is 16.8 Å². The van der Waals surface area contributed by atoms with Crippen molar-refractivity contribution in [1.29, 1.82) is 0 Å². The Balaban J connectivity index is 2.12. The van der Waals surface area contributed by atoms with Crippen LogP contribution in [0.4, 0.5) is 4.39 Å². The van der Waals surface area contributed by atoms with Crippen molar-refractivity contribution in [2.45, 2.75) is 12.5 Å². The number of furan rings is 1. The Labute approximate surface area is 101 Å². The molecule has 16 heavy (non-hydrogen) atoms. The molecule has 2 aromatic rings. The molecule has 1 atom stereocenters. The van der Waals surface area contributed by atoms with Crippen LogP contribution >= 0.6 is 15.9 Å². The summed E-state index contributed by atoms with van der Waals surface area (Å²) in [6, 6.07) is 8.32. The van der Waals surface area contributed by atoms with Crippen molar-refractivity contribution < 1.29 is 8.81 Å². The number of nitrogens with two attached hydrogens (primary N) is 1. The molecule has 0 bridgehead atoms. The molecule has 2 nitrogen and oxygen atoms in total. The molecule has 1 aromatic carbocycles. The quantitative estimate of drug-likeness (QED) is 0.938. The van der Waals surface area contributed by atoms with Gasteiger partial charge in [-0.1, -0.05) is 6.07 Å². The minimum absolute atomic E-state index is 0.202. The third-order valence-electron chi connectivity index (χ3n) is 2.35. The first-order valence-corrected chi connectivity index (χ1v) is 5.69. The van der Waals surface area contributed by atoms with E-state index in [1.54, 1.807) is 24.5 Å². The van der Waals surface area contributed by atoms with Gasteiger partial charge in [0.1, 0.15) is 11.6 Å². The van der Waals surface area contributed by atoms with Gasteiger partial charge >= 0.3 is 0 Å². The van der Waals surface area contributed by atoms with E-state index in [4.69, 9.17) is 10.2 Å². The molecule has 0 aliphatic heterocycles. The normalized spacial score (nSPS) is 12.7. The molecule has 1 aromatic heterocycles. The summed E-state index contributed by atoms with van der Waals surface area (Å²) in [7, 11) is 0. The first-order chi connectivity index (χ1) is 7.66. The van der Waals surface area contributed by atoms with Crippen LogP contribution in [0.2, 0.25) is 0 Å². The Hall–Kier alpha value is -1.13. The molecule has 0 saturated heterocycles. The van der Waals surface area contributed by atoms with Crippen molar-refractivity contribution >= 4 is 15.9 Å². The molecule has 0 aliphatic carbocycles. The summed E-state index contributed by atoms with van der Waals surface area (Å²) in [5.41, 5.74) is 6.93. The molecule has 0 radical (unpaired) electrons. The second-order valence-electron chi connectivity index (χ2n) is 3.57. The molecule has 1 heterocycles. The Bertz CT molecular complexity index is 470. The smallest absolute Gasteiger partial charge is 0.137 e. The van der Waals surface area contributed by atoms with Crippen molar-refractivity contribution in [2.75, 3.05) is 0 Å². The number of hydrogen-bond donors (Lipinski definition) is 1. The first-order valence-electron chi connectivity index (χ1n) is 4.89. The molecule has 2 rings (SSSR count). The third-order valence-corrected chi connectivity index (χ3v) is 2.96. The van der Waals surface area contributed by atoms with Crippen LogP contribution in [-0.2, 0) is 6.42 Å². The van der Waals surface area contributed by atoms with Gasteiger partial charge < -0.3 is 10.2 Å². The second-order valence-corrected chi connectivity index (χ2v) is 4.43. The van der Waals surface area contributed by atoms with Gasteiger partial charge in [0.15, 0.2) is 0 Å². The van der Waals surface area contributed by atoms with Crippen LogP contribution in [0.15, 0.2) is 45.5 Å². The van der Waals surface area contributed by atoms with Gasteiger partial charge in [-0.2, -0.15) is 0 Å². The molecule has 0 saturated carbocycles. The van der Waals surface area contributed by atoms with Crippen molar-refractivity contribution in [3.8, 4) is 0 Å². The molecule has 1 unspecified atom stereocenters. The van der Waals surface area contributed by atoms with Crippen molar-refractivity contribution in [2.24, 2.45) is 5.73 Å². The highest BCUT2D eigenvalue weighted by Crippen LogP contribution is 2.21. The Morgan fingerprint density at radius 1 is 1.38 bits per heavy atom. The zero-order chi connectivity index (χ0) is 11.5. The Kier molecular flexibility index (Phi) is 3.41. The average molecular weight is 284 g/mol. The highest BCUT2D eigenvalue weighted by atomic mass is 79.9. The summed E-state index contributed by atoms with van der Waals surface area (Å²) in [4.78, 5) is 0. The Morgan fingerprint density at radius 3 is 2.81 bits per heavy atom. The minimum atomic E-state index is -0.268. The topological polar surface area (TPSA) is 39.2 Å². The van der Waals surface area contributed by atoms with E-state index < -0.39 is 0 Å². The molecular formula is C12H11BrFNO. The van der Waals surface area contributed by atoms with Crippen molar-refractivity contribution in [1.82, 2.24) is 0 Å². The number of benzene rings is 1. The minimum Gasteiger partial charge on any atom is -0.468 e. The fourth-order valence-electron chi connectivity index (χ4n) is 1.52. The van der Waals surface area contributed by atoms with Gasteiger partial charge in [0.25, 0.3) is 0 Å². The summed E-state index contributed by atoms with van der Waals surface area (Å²) in [5.74, 6) is 0.468. The molecule has 2 N–H and O–H groups in total. The average Bonchev–Trinajstić information content (AvgIpc) is 2.77. The zero-order valence-corrected chi connectivity index (χ0v) is 10.1. The van der Waals surface area contributed by atoms with Gasteiger partial charge in [-0.05, 0) is 52.2 Å². The van der Waals surface area contributed by atoms with Crippen LogP contribution in [0.3, 0.4) is 0 Å². The van der Waals surface area contributed by atoms with E-state index in [1.165, 1.54) is 6.07 Å². The maximum Gasteiger partial charge on any atom is 0.137 e. The van der Waals surface area contributed by atoms with E-state index in [-0.39, 0.29) is 11.9 Å². The number of rotatable bonds is 3. The summed E-state index contributed by atoms with van der Waals surface area (Å²) in [6.45, 7) is 0. The van der Waals surface area contributed by atoms with Crippen molar-refractivity contribution in [3.63, 3.8) is 0 Å². The van der Waals surface area contributed by atoms with Gasteiger partial charge in [-0.25, -0.2) is 4.39 Å². The highest BCUT2D eigenvalue weighted by Gasteiger charge is 2.10. The van der Waals surface area contributed by atoms with E-state index in [2.05, 4.69) is 15.9 Å². The lowest BCUT2D eigenvalue weighted by atomic mass is 10.0. The lowest BCUT2D eigenvalue weighted by Crippen LogP contribution is -2.12. The standard InChI is InChI=1S/C12H11BrFNO/c13-9-6-8(3-4-10(9)14)7-11(15)12-2-1-5-16-12/h1-6,11H,7,15H2. The van der Waals surface area contributed by atoms with Gasteiger partial charge in [0.2, 0.25) is 0 Å². The molecule has 0 spiro atoms. The third kappa shape index (κ3) is 2.51. The molecule has 0 fully saturated rings. The van der Waals surface area contributed by atoms with E-state index in [0.717, 1.165) is 11.3 Å². The SMILES string of the molecule is NC(Cc1ccc(F)c(Br)c1)c1ccco1. The lowest BCUT2D eigenvalue weighted by molar-refractivity contribution is 0.464. The maximum atomic E-state index is 13.0. The van der Waals surface area contributed by atoms with Gasteiger partial charge in [-0.15, -0.1) is 0 Å². The maximum absolute atomic E-state index is 13.0. The second kappa shape index (κ2) is 4.80.